The number of halogens is 2. The van der Waals surface area contributed by atoms with E-state index in [1.807, 2.05) is 6.92 Å². The Balaban J connectivity index is 1.53. The third-order valence-electron chi connectivity index (χ3n) is 5.21. The number of morpholine rings is 1. The molecule has 0 amide bonds. The first-order chi connectivity index (χ1) is 13.2. The minimum atomic E-state index is -0.797. The van der Waals surface area contributed by atoms with Gasteiger partial charge in [0.1, 0.15) is 0 Å². The summed E-state index contributed by atoms with van der Waals surface area (Å²) in [6.45, 7) is 10.0. The molecule has 2 aliphatic heterocycles. The summed E-state index contributed by atoms with van der Waals surface area (Å²) in [7, 11) is 0. The second-order valence-electron chi connectivity index (χ2n) is 7.21. The van der Waals surface area contributed by atoms with Crippen LogP contribution in [0.4, 0.5) is 8.78 Å². The van der Waals surface area contributed by atoms with Gasteiger partial charge in [-0.15, -0.1) is 0 Å². The number of guanidine groups is 1. The van der Waals surface area contributed by atoms with E-state index in [0.29, 0.717) is 24.4 Å². The molecule has 2 heterocycles. The predicted octanol–water partition coefficient (Wildman–Crippen LogP) is 2.13. The van der Waals surface area contributed by atoms with Crippen molar-refractivity contribution in [2.24, 2.45) is 10.9 Å². The molecule has 0 spiro atoms. The molecule has 0 radical (unpaired) electrons. The molecule has 2 fully saturated rings. The summed E-state index contributed by atoms with van der Waals surface area (Å²) in [6, 6.07) is 4.31. The van der Waals surface area contributed by atoms with Gasteiger partial charge in [-0.05, 0) is 37.3 Å². The summed E-state index contributed by atoms with van der Waals surface area (Å²) in [5.74, 6) is -0.0512. The molecule has 5 nitrogen and oxygen atoms in total. The fourth-order valence-electron chi connectivity index (χ4n) is 3.77. The topological polar surface area (TPSA) is 40.1 Å². The van der Waals surface area contributed by atoms with Gasteiger partial charge in [0, 0.05) is 45.8 Å². The lowest BCUT2D eigenvalue weighted by molar-refractivity contribution is 0.0315. The molecule has 0 saturated carbocycles. The Morgan fingerprint density at radius 1 is 1.26 bits per heavy atom. The van der Waals surface area contributed by atoms with Crippen LogP contribution in [0.2, 0.25) is 0 Å². The first-order valence-electron chi connectivity index (χ1n) is 9.93. The van der Waals surface area contributed by atoms with Gasteiger partial charge in [0.2, 0.25) is 0 Å². The van der Waals surface area contributed by atoms with E-state index in [4.69, 9.17) is 4.74 Å². The van der Waals surface area contributed by atoms with Crippen LogP contribution >= 0.6 is 0 Å². The number of rotatable bonds is 6. The first kappa shape index (κ1) is 20.0. The fourth-order valence-corrected chi connectivity index (χ4v) is 3.77. The van der Waals surface area contributed by atoms with Gasteiger partial charge in [-0.3, -0.25) is 9.89 Å². The minimum Gasteiger partial charge on any atom is -0.379 e. The van der Waals surface area contributed by atoms with Gasteiger partial charge >= 0.3 is 0 Å². The van der Waals surface area contributed by atoms with Crippen molar-refractivity contribution in [3.63, 3.8) is 0 Å². The van der Waals surface area contributed by atoms with Gasteiger partial charge in [0.25, 0.3) is 0 Å². The number of benzene rings is 1. The molecule has 1 aromatic rings. The number of hydrogen-bond donors (Lipinski definition) is 1. The molecule has 0 aliphatic carbocycles. The second-order valence-corrected chi connectivity index (χ2v) is 7.21. The van der Waals surface area contributed by atoms with E-state index in [-0.39, 0.29) is 0 Å². The monoisotopic (exact) mass is 380 g/mol. The van der Waals surface area contributed by atoms with Crippen LogP contribution in [0, 0.1) is 17.6 Å². The summed E-state index contributed by atoms with van der Waals surface area (Å²) in [4.78, 5) is 9.42. The van der Waals surface area contributed by atoms with E-state index < -0.39 is 11.6 Å². The maximum absolute atomic E-state index is 13.8. The normalized spacial score (nSPS) is 21.7. The van der Waals surface area contributed by atoms with Crippen molar-refractivity contribution >= 4 is 5.96 Å². The van der Waals surface area contributed by atoms with Crippen molar-refractivity contribution in [2.45, 2.75) is 19.8 Å². The zero-order valence-corrected chi connectivity index (χ0v) is 16.1. The van der Waals surface area contributed by atoms with E-state index in [1.54, 1.807) is 12.1 Å². The largest absolute Gasteiger partial charge is 0.379 e. The molecule has 0 aromatic heterocycles. The lowest BCUT2D eigenvalue weighted by Gasteiger charge is -2.29. The molecule has 1 N–H and O–H groups in total. The summed E-state index contributed by atoms with van der Waals surface area (Å²) in [5, 5.41) is 3.34. The van der Waals surface area contributed by atoms with Crippen LogP contribution in [0.5, 0.6) is 0 Å². The lowest BCUT2D eigenvalue weighted by Crippen LogP contribution is -2.42. The van der Waals surface area contributed by atoms with Crippen molar-refractivity contribution in [3.05, 3.63) is 35.4 Å². The van der Waals surface area contributed by atoms with E-state index >= 15 is 0 Å². The van der Waals surface area contributed by atoms with Gasteiger partial charge in [-0.1, -0.05) is 12.1 Å². The van der Waals surface area contributed by atoms with Crippen LogP contribution in [-0.2, 0) is 11.2 Å². The number of hydrogen-bond acceptors (Lipinski definition) is 3. The van der Waals surface area contributed by atoms with Crippen molar-refractivity contribution in [3.8, 4) is 0 Å². The molecule has 1 aromatic carbocycles. The fraction of sp³-hybridized carbons (Fsp3) is 0.650. The highest BCUT2D eigenvalue weighted by molar-refractivity contribution is 5.80. The van der Waals surface area contributed by atoms with E-state index in [2.05, 4.69) is 20.1 Å². The maximum atomic E-state index is 13.8. The van der Waals surface area contributed by atoms with Crippen LogP contribution in [0.25, 0.3) is 0 Å². The Hall–Kier alpha value is -1.73. The summed E-state index contributed by atoms with van der Waals surface area (Å²) in [5.41, 5.74) is 0.376. The van der Waals surface area contributed by atoms with Crippen molar-refractivity contribution in [2.75, 3.05) is 59.0 Å². The van der Waals surface area contributed by atoms with Crippen molar-refractivity contribution in [1.82, 2.24) is 15.1 Å². The molecular weight excluding hydrogens is 350 g/mol. The van der Waals surface area contributed by atoms with Crippen molar-refractivity contribution in [1.29, 1.82) is 0 Å². The molecule has 3 rings (SSSR count). The van der Waals surface area contributed by atoms with E-state index in [9.17, 15) is 8.78 Å². The number of aliphatic imine (C=N–C) groups is 1. The number of likely N-dealkylation sites (tertiary alicyclic amines) is 1. The Bertz CT molecular complexity index is 634. The Labute approximate surface area is 160 Å². The summed E-state index contributed by atoms with van der Waals surface area (Å²) < 4.78 is 32.5. The zero-order valence-electron chi connectivity index (χ0n) is 16.1. The van der Waals surface area contributed by atoms with Crippen LogP contribution in [0.15, 0.2) is 23.2 Å². The van der Waals surface area contributed by atoms with E-state index in [1.165, 1.54) is 0 Å². The molecule has 2 aliphatic rings. The molecule has 2 saturated heterocycles. The maximum Gasteiger partial charge on any atom is 0.193 e. The molecular formula is C20H30F2N4O. The third kappa shape index (κ3) is 5.62. The minimum absolute atomic E-state index is 0.376. The molecule has 27 heavy (non-hydrogen) atoms. The van der Waals surface area contributed by atoms with Crippen LogP contribution < -0.4 is 5.32 Å². The third-order valence-corrected chi connectivity index (χ3v) is 5.21. The summed E-state index contributed by atoms with van der Waals surface area (Å²) >= 11 is 0. The lowest BCUT2D eigenvalue weighted by atomic mass is 10.1. The first-order valence-corrected chi connectivity index (χ1v) is 9.93. The SMILES string of the molecule is CCNC(=NCCc1cccc(F)c1F)N1CCC(CN2CCOCC2)C1. The zero-order chi connectivity index (χ0) is 19.1. The Kier molecular flexibility index (Phi) is 7.41. The van der Waals surface area contributed by atoms with Crippen LogP contribution in [0.3, 0.4) is 0 Å². The van der Waals surface area contributed by atoms with E-state index in [0.717, 1.165) is 70.9 Å². The molecule has 7 heteroatoms. The highest BCUT2D eigenvalue weighted by Gasteiger charge is 2.27. The van der Waals surface area contributed by atoms with Crippen LogP contribution in [-0.4, -0.2) is 74.8 Å². The van der Waals surface area contributed by atoms with Crippen molar-refractivity contribution < 1.29 is 13.5 Å². The highest BCUT2D eigenvalue weighted by Crippen LogP contribution is 2.18. The smallest absolute Gasteiger partial charge is 0.193 e. The molecule has 1 unspecified atom stereocenters. The second kappa shape index (κ2) is 9.99. The number of nitrogens with zero attached hydrogens (tertiary/aromatic N) is 3. The summed E-state index contributed by atoms with van der Waals surface area (Å²) in [6.07, 6.45) is 1.55. The highest BCUT2D eigenvalue weighted by atomic mass is 19.2. The average Bonchev–Trinajstić information content (AvgIpc) is 3.13. The van der Waals surface area contributed by atoms with Crippen LogP contribution in [0.1, 0.15) is 18.9 Å². The Morgan fingerprint density at radius 3 is 2.85 bits per heavy atom. The average molecular weight is 380 g/mol. The number of nitrogens with one attached hydrogen (secondary N) is 1. The molecule has 150 valence electrons. The molecule has 1 atom stereocenters. The van der Waals surface area contributed by atoms with Gasteiger partial charge < -0.3 is 15.0 Å². The van der Waals surface area contributed by atoms with Gasteiger partial charge in [0.05, 0.1) is 13.2 Å². The number of ether oxygens (including phenoxy) is 1. The van der Waals surface area contributed by atoms with Gasteiger partial charge in [-0.25, -0.2) is 8.78 Å². The Morgan fingerprint density at radius 2 is 2.07 bits per heavy atom. The van der Waals surface area contributed by atoms with Gasteiger partial charge in [-0.2, -0.15) is 0 Å². The standard InChI is InChI=1S/C20H30F2N4O/c1-2-23-20(24-8-6-17-4-3-5-18(21)19(17)22)26-9-7-16(15-26)14-25-10-12-27-13-11-25/h3-5,16H,2,6-15H2,1H3,(H,23,24). The molecule has 0 bridgehead atoms. The van der Waals surface area contributed by atoms with Gasteiger partial charge in [0.15, 0.2) is 17.6 Å². The predicted molar refractivity (Wildman–Crippen MR) is 103 cm³/mol. The quantitative estimate of drug-likeness (QED) is 0.606.